The van der Waals surface area contributed by atoms with Crippen LogP contribution in [0, 0.1) is 5.92 Å². The third-order valence-corrected chi connectivity index (χ3v) is 4.91. The summed E-state index contributed by atoms with van der Waals surface area (Å²) in [5.41, 5.74) is 0.228. The van der Waals surface area contributed by atoms with Gasteiger partial charge in [-0.25, -0.2) is 9.79 Å². The van der Waals surface area contributed by atoms with Crippen LogP contribution in [0.1, 0.15) is 25.3 Å². The van der Waals surface area contributed by atoms with Gasteiger partial charge in [-0.05, 0) is 19.1 Å². The van der Waals surface area contributed by atoms with Gasteiger partial charge in [-0.3, -0.25) is 14.5 Å². The predicted octanol–water partition coefficient (Wildman–Crippen LogP) is 2.83. The van der Waals surface area contributed by atoms with Crippen molar-refractivity contribution in [2.75, 3.05) is 4.90 Å². The highest BCUT2D eigenvalue weighted by molar-refractivity contribution is 6.36. The molecule has 27 heavy (non-hydrogen) atoms. The van der Waals surface area contributed by atoms with Crippen molar-refractivity contribution in [1.82, 2.24) is 0 Å². The maximum atomic E-state index is 13.0. The van der Waals surface area contributed by atoms with Crippen molar-refractivity contribution in [2.45, 2.75) is 25.5 Å². The number of benzene rings is 2. The average molecular weight is 362 g/mol. The number of cyclic esters (lactones) is 1. The number of amides is 2. The van der Waals surface area contributed by atoms with E-state index >= 15 is 0 Å². The number of imide groups is 1. The molecule has 0 saturated carbocycles. The van der Waals surface area contributed by atoms with Crippen molar-refractivity contribution >= 4 is 29.2 Å². The molecule has 0 unspecified atom stereocenters. The van der Waals surface area contributed by atoms with Crippen LogP contribution in [-0.4, -0.2) is 23.5 Å². The van der Waals surface area contributed by atoms with E-state index in [9.17, 15) is 14.4 Å². The topological polar surface area (TPSA) is 76.0 Å². The van der Waals surface area contributed by atoms with Gasteiger partial charge in [0.15, 0.2) is 0 Å². The van der Waals surface area contributed by atoms with E-state index in [0.29, 0.717) is 11.3 Å². The average Bonchev–Trinajstić information content (AvgIpc) is 3.12. The van der Waals surface area contributed by atoms with Crippen molar-refractivity contribution < 1.29 is 19.1 Å². The van der Waals surface area contributed by atoms with E-state index < -0.39 is 17.6 Å². The van der Waals surface area contributed by atoms with Gasteiger partial charge in [-0.1, -0.05) is 48.5 Å². The molecule has 2 aromatic carbocycles. The molecule has 2 aliphatic rings. The second-order valence-electron chi connectivity index (χ2n) is 6.75. The van der Waals surface area contributed by atoms with E-state index in [1.165, 1.54) is 4.90 Å². The third kappa shape index (κ3) is 2.93. The number of para-hydroxylation sites is 1. The number of aliphatic imine (C=N–C) groups is 1. The van der Waals surface area contributed by atoms with Crippen molar-refractivity contribution in [3.05, 3.63) is 66.2 Å². The second kappa shape index (κ2) is 6.46. The number of ether oxygens (including phenoxy) is 1. The Morgan fingerprint density at radius 2 is 1.67 bits per heavy atom. The van der Waals surface area contributed by atoms with Crippen LogP contribution in [0.25, 0.3) is 0 Å². The van der Waals surface area contributed by atoms with E-state index in [2.05, 4.69) is 4.99 Å². The zero-order chi connectivity index (χ0) is 19.0. The molecule has 6 nitrogen and oxygen atoms in total. The number of esters is 1. The molecule has 0 aliphatic carbocycles. The largest absolute Gasteiger partial charge is 0.428 e. The van der Waals surface area contributed by atoms with E-state index in [1.54, 1.807) is 31.2 Å². The maximum Gasteiger partial charge on any atom is 0.354 e. The Balaban J connectivity index is 1.66. The normalized spacial score (nSPS) is 24.9. The van der Waals surface area contributed by atoms with Crippen LogP contribution in [0.5, 0.6) is 0 Å². The first-order valence-corrected chi connectivity index (χ1v) is 8.77. The molecule has 0 bridgehead atoms. The lowest BCUT2D eigenvalue weighted by atomic mass is 9.90. The Hall–Kier alpha value is -3.28. The number of rotatable bonds is 4. The molecule has 0 aromatic heterocycles. The fourth-order valence-corrected chi connectivity index (χ4v) is 3.63. The molecule has 2 aromatic rings. The van der Waals surface area contributed by atoms with Crippen molar-refractivity contribution in [3.63, 3.8) is 0 Å². The minimum Gasteiger partial charge on any atom is -0.428 e. The maximum absolute atomic E-state index is 13.0. The van der Waals surface area contributed by atoms with Gasteiger partial charge in [-0.15, -0.1) is 0 Å². The molecule has 2 heterocycles. The Bertz CT molecular complexity index is 939. The summed E-state index contributed by atoms with van der Waals surface area (Å²) in [6.45, 7) is 1.59. The minimum absolute atomic E-state index is 0.0639. The quantitative estimate of drug-likeness (QED) is 0.619. The molecular formula is C21H18N2O4. The van der Waals surface area contributed by atoms with Gasteiger partial charge in [0.05, 0.1) is 11.6 Å². The fraction of sp³-hybridized carbons (Fsp3) is 0.238. The summed E-state index contributed by atoms with van der Waals surface area (Å²) in [4.78, 5) is 43.2. The van der Waals surface area contributed by atoms with Crippen LogP contribution >= 0.6 is 0 Å². The van der Waals surface area contributed by atoms with Crippen LogP contribution in [0.15, 0.2) is 65.7 Å². The first kappa shape index (κ1) is 17.1. The van der Waals surface area contributed by atoms with Crippen molar-refractivity contribution in [3.8, 4) is 0 Å². The Labute approximate surface area is 156 Å². The molecule has 2 amide bonds. The number of anilines is 1. The highest BCUT2D eigenvalue weighted by Gasteiger charge is 2.49. The van der Waals surface area contributed by atoms with Crippen molar-refractivity contribution in [1.29, 1.82) is 0 Å². The summed E-state index contributed by atoms with van der Waals surface area (Å²) < 4.78 is 5.61. The molecule has 4 rings (SSSR count). The van der Waals surface area contributed by atoms with E-state index in [-0.39, 0.29) is 30.4 Å². The van der Waals surface area contributed by atoms with Gasteiger partial charge < -0.3 is 4.74 Å². The first-order chi connectivity index (χ1) is 13.0. The number of nitrogens with zero attached hydrogens (tertiary/aromatic N) is 2. The van der Waals surface area contributed by atoms with Gasteiger partial charge in [0.2, 0.25) is 17.5 Å². The predicted molar refractivity (Wildman–Crippen MR) is 99.0 cm³/mol. The Kier molecular flexibility index (Phi) is 4.11. The zero-order valence-electron chi connectivity index (χ0n) is 14.8. The van der Waals surface area contributed by atoms with Gasteiger partial charge >= 0.3 is 5.97 Å². The summed E-state index contributed by atoms with van der Waals surface area (Å²) in [7, 11) is 0. The Morgan fingerprint density at radius 1 is 1.04 bits per heavy atom. The molecule has 0 spiro atoms. The van der Waals surface area contributed by atoms with E-state index in [4.69, 9.17) is 4.74 Å². The summed E-state index contributed by atoms with van der Waals surface area (Å²) >= 11 is 0. The summed E-state index contributed by atoms with van der Waals surface area (Å²) in [6.07, 6.45) is 0.197. The lowest BCUT2D eigenvalue weighted by Crippen LogP contribution is -2.34. The molecule has 2 atom stereocenters. The lowest BCUT2D eigenvalue weighted by molar-refractivity contribution is -0.150. The standard InChI is InChI=1S/C21H18N2O4/c1-14-20(26)27-21(22-14,16-8-4-2-5-9-16)13-15-12-18(24)23(19(15)25)17-10-6-3-7-11-17/h2-11,15H,12-13H2,1H3/t15-,21-/m0/s1. The number of carbonyl (C=O) groups is 3. The molecule has 1 saturated heterocycles. The third-order valence-electron chi connectivity index (χ3n) is 4.91. The summed E-state index contributed by atoms with van der Waals surface area (Å²) in [5, 5.41) is 0. The monoisotopic (exact) mass is 362 g/mol. The molecule has 2 aliphatic heterocycles. The number of carbonyl (C=O) groups excluding carboxylic acids is 3. The molecule has 1 fully saturated rings. The first-order valence-electron chi connectivity index (χ1n) is 8.77. The van der Waals surface area contributed by atoms with Gasteiger partial charge in [0.25, 0.3) is 0 Å². The zero-order valence-corrected chi connectivity index (χ0v) is 14.8. The van der Waals surface area contributed by atoms with Crippen LogP contribution in [0.4, 0.5) is 5.69 Å². The number of hydrogen-bond acceptors (Lipinski definition) is 5. The summed E-state index contributed by atoms with van der Waals surface area (Å²) in [5.74, 6) is -1.67. The van der Waals surface area contributed by atoms with Gasteiger partial charge in [0, 0.05) is 18.4 Å². The van der Waals surface area contributed by atoms with Crippen LogP contribution in [0.3, 0.4) is 0 Å². The molecular weight excluding hydrogens is 344 g/mol. The van der Waals surface area contributed by atoms with Crippen molar-refractivity contribution in [2.24, 2.45) is 10.9 Å². The van der Waals surface area contributed by atoms with E-state index in [0.717, 1.165) is 0 Å². The highest BCUT2D eigenvalue weighted by Crippen LogP contribution is 2.41. The fourth-order valence-electron chi connectivity index (χ4n) is 3.63. The smallest absolute Gasteiger partial charge is 0.354 e. The SMILES string of the molecule is CC1=N[C@](C[C@@H]2CC(=O)N(c3ccccc3)C2=O)(c2ccccc2)OC1=O. The molecule has 0 N–H and O–H groups in total. The van der Waals surface area contributed by atoms with Gasteiger partial charge in [0.1, 0.15) is 5.71 Å². The van der Waals surface area contributed by atoms with Crippen LogP contribution < -0.4 is 4.90 Å². The molecule has 0 radical (unpaired) electrons. The molecule has 6 heteroatoms. The van der Waals surface area contributed by atoms with Crippen LogP contribution in [0.2, 0.25) is 0 Å². The highest BCUT2D eigenvalue weighted by atomic mass is 16.6. The lowest BCUT2D eigenvalue weighted by Gasteiger charge is -2.27. The Morgan fingerprint density at radius 3 is 2.26 bits per heavy atom. The van der Waals surface area contributed by atoms with E-state index in [1.807, 2.05) is 36.4 Å². The molecule has 136 valence electrons. The van der Waals surface area contributed by atoms with Crippen LogP contribution in [-0.2, 0) is 24.8 Å². The van der Waals surface area contributed by atoms with Gasteiger partial charge in [-0.2, -0.15) is 0 Å². The number of hydrogen-bond donors (Lipinski definition) is 0. The second-order valence-corrected chi connectivity index (χ2v) is 6.75. The minimum atomic E-state index is -1.27. The summed E-state index contributed by atoms with van der Waals surface area (Å²) in [6, 6.07) is 18.0.